The van der Waals surface area contributed by atoms with Crippen molar-refractivity contribution in [3.05, 3.63) is 77.0 Å². The summed E-state index contributed by atoms with van der Waals surface area (Å²) in [5.74, 6) is 0.213. The molecule has 4 aromatic heterocycles. The molecular weight excluding hydrogens is 348 g/mol. The highest BCUT2D eigenvalue weighted by atomic mass is 32.1. The van der Waals surface area contributed by atoms with Crippen LogP contribution in [-0.2, 0) is 6.54 Å². The van der Waals surface area contributed by atoms with Crippen LogP contribution in [0.4, 0.5) is 0 Å². The summed E-state index contributed by atoms with van der Waals surface area (Å²) in [7, 11) is 0. The number of hydrogen-bond acceptors (Lipinski definition) is 6. The highest BCUT2D eigenvalue weighted by Gasteiger charge is 2.13. The van der Waals surface area contributed by atoms with Gasteiger partial charge in [-0.15, -0.1) is 0 Å². The Morgan fingerprint density at radius 1 is 1.15 bits per heavy atom. The van der Waals surface area contributed by atoms with Crippen LogP contribution in [0, 0.1) is 0 Å². The number of thiophene rings is 1. The highest BCUT2D eigenvalue weighted by Crippen LogP contribution is 2.21. The zero-order valence-corrected chi connectivity index (χ0v) is 14.4. The van der Waals surface area contributed by atoms with Gasteiger partial charge in [-0.25, -0.2) is 0 Å². The molecule has 1 N–H and O–H groups in total. The van der Waals surface area contributed by atoms with E-state index in [1.54, 1.807) is 42.1 Å². The summed E-state index contributed by atoms with van der Waals surface area (Å²) in [6.07, 6.45) is 5.07. The van der Waals surface area contributed by atoms with Gasteiger partial charge in [0.1, 0.15) is 0 Å². The van der Waals surface area contributed by atoms with E-state index in [0.29, 0.717) is 12.3 Å². The number of carbonyl (C=O) groups excluding carboxylic acids is 1. The number of nitrogens with one attached hydrogen (secondary N) is 1. The predicted molar refractivity (Wildman–Crippen MR) is 98.5 cm³/mol. The standard InChI is InChI=1S/C19H14N4O2S/c24-19(17-9-18(25-23-17)14-2-1-5-20-11-14)22-10-13-3-6-21-16(8-13)15-4-7-26-12-15/h1-9,11-12H,10H2,(H,22,24). The van der Waals surface area contributed by atoms with Gasteiger partial charge in [-0.05, 0) is 41.3 Å². The minimum Gasteiger partial charge on any atom is -0.355 e. The molecule has 0 aliphatic heterocycles. The van der Waals surface area contributed by atoms with Crippen molar-refractivity contribution in [2.24, 2.45) is 0 Å². The molecule has 4 aromatic rings. The van der Waals surface area contributed by atoms with E-state index >= 15 is 0 Å². The van der Waals surface area contributed by atoms with Crippen molar-refractivity contribution in [3.8, 4) is 22.6 Å². The van der Waals surface area contributed by atoms with Gasteiger partial charge in [-0.2, -0.15) is 11.3 Å². The first-order chi connectivity index (χ1) is 12.8. The molecule has 0 bridgehead atoms. The molecule has 0 aliphatic rings. The summed E-state index contributed by atoms with van der Waals surface area (Å²) in [5.41, 5.74) is 3.93. The number of aromatic nitrogens is 3. The highest BCUT2D eigenvalue weighted by molar-refractivity contribution is 7.08. The summed E-state index contributed by atoms with van der Waals surface area (Å²) in [6, 6.07) is 11.1. The van der Waals surface area contributed by atoms with Gasteiger partial charge >= 0.3 is 0 Å². The molecule has 0 saturated heterocycles. The van der Waals surface area contributed by atoms with Crippen molar-refractivity contribution < 1.29 is 9.32 Å². The maximum atomic E-state index is 12.3. The van der Waals surface area contributed by atoms with Crippen LogP contribution >= 0.6 is 11.3 Å². The van der Waals surface area contributed by atoms with Crippen LogP contribution in [-0.4, -0.2) is 21.0 Å². The molecule has 1 amide bonds. The molecule has 0 aliphatic carbocycles. The number of rotatable bonds is 5. The Hall–Kier alpha value is -3.32. The van der Waals surface area contributed by atoms with Gasteiger partial charge in [0.15, 0.2) is 11.5 Å². The van der Waals surface area contributed by atoms with Gasteiger partial charge in [0.25, 0.3) is 5.91 Å². The van der Waals surface area contributed by atoms with Crippen molar-refractivity contribution >= 4 is 17.2 Å². The van der Waals surface area contributed by atoms with Gasteiger partial charge in [0.05, 0.1) is 5.69 Å². The molecule has 0 aromatic carbocycles. The Morgan fingerprint density at radius 2 is 2.12 bits per heavy atom. The number of amides is 1. The first-order valence-corrected chi connectivity index (χ1v) is 8.87. The van der Waals surface area contributed by atoms with Crippen LogP contribution in [0.5, 0.6) is 0 Å². The van der Waals surface area contributed by atoms with E-state index in [4.69, 9.17) is 4.52 Å². The van der Waals surface area contributed by atoms with Gasteiger partial charge in [-0.3, -0.25) is 14.8 Å². The zero-order chi connectivity index (χ0) is 17.8. The fourth-order valence-electron chi connectivity index (χ4n) is 2.45. The summed E-state index contributed by atoms with van der Waals surface area (Å²) < 4.78 is 5.23. The molecule has 0 fully saturated rings. The number of pyridine rings is 2. The molecule has 26 heavy (non-hydrogen) atoms. The third kappa shape index (κ3) is 3.52. The molecule has 0 spiro atoms. The molecule has 4 heterocycles. The second-order valence-electron chi connectivity index (χ2n) is 5.56. The number of carbonyl (C=O) groups is 1. The smallest absolute Gasteiger partial charge is 0.273 e. The van der Waals surface area contributed by atoms with E-state index in [1.807, 2.05) is 35.0 Å². The predicted octanol–water partition coefficient (Wildman–Crippen LogP) is 3.79. The van der Waals surface area contributed by atoms with Crippen LogP contribution in [0.15, 0.2) is 70.3 Å². The van der Waals surface area contributed by atoms with Gasteiger partial charge < -0.3 is 9.84 Å². The topological polar surface area (TPSA) is 80.9 Å². The lowest BCUT2D eigenvalue weighted by Crippen LogP contribution is -2.23. The summed E-state index contributed by atoms with van der Waals surface area (Å²) >= 11 is 1.62. The van der Waals surface area contributed by atoms with Crippen molar-refractivity contribution in [2.75, 3.05) is 0 Å². The monoisotopic (exact) mass is 362 g/mol. The van der Waals surface area contributed by atoms with Crippen molar-refractivity contribution in [1.29, 1.82) is 0 Å². The third-order valence-electron chi connectivity index (χ3n) is 3.78. The maximum Gasteiger partial charge on any atom is 0.273 e. The summed E-state index contributed by atoms with van der Waals surface area (Å²) in [6.45, 7) is 0.383. The minimum atomic E-state index is -0.294. The van der Waals surface area contributed by atoms with Gasteiger partial charge in [0.2, 0.25) is 0 Å². The SMILES string of the molecule is O=C(NCc1ccnc(-c2ccsc2)c1)c1cc(-c2cccnc2)on1. The molecule has 7 heteroatoms. The van der Waals surface area contributed by atoms with Gasteiger partial charge in [-0.1, -0.05) is 5.16 Å². The molecular formula is C19H14N4O2S. The molecule has 0 atom stereocenters. The van der Waals surface area contributed by atoms with Crippen LogP contribution in [0.1, 0.15) is 16.1 Å². The van der Waals surface area contributed by atoms with Crippen LogP contribution in [0.25, 0.3) is 22.6 Å². The maximum absolute atomic E-state index is 12.3. The Kier molecular flexibility index (Phi) is 4.53. The van der Waals surface area contributed by atoms with E-state index in [9.17, 15) is 4.79 Å². The second-order valence-corrected chi connectivity index (χ2v) is 6.34. The Morgan fingerprint density at radius 3 is 2.92 bits per heavy atom. The van der Waals surface area contributed by atoms with E-state index in [-0.39, 0.29) is 11.6 Å². The Labute approximate surface area is 153 Å². The van der Waals surface area contributed by atoms with E-state index in [2.05, 4.69) is 20.4 Å². The average Bonchev–Trinajstić information content (AvgIpc) is 3.39. The van der Waals surface area contributed by atoms with E-state index in [1.165, 1.54) is 0 Å². The lowest BCUT2D eigenvalue weighted by atomic mass is 10.1. The Bertz CT molecular complexity index is 1010. The molecule has 6 nitrogen and oxygen atoms in total. The quantitative estimate of drug-likeness (QED) is 0.584. The third-order valence-corrected chi connectivity index (χ3v) is 4.47. The minimum absolute atomic E-state index is 0.232. The van der Waals surface area contributed by atoms with Crippen molar-refractivity contribution in [2.45, 2.75) is 6.54 Å². The molecule has 128 valence electrons. The van der Waals surface area contributed by atoms with Crippen LogP contribution < -0.4 is 5.32 Å². The first-order valence-electron chi connectivity index (χ1n) is 7.92. The normalized spacial score (nSPS) is 10.6. The zero-order valence-electron chi connectivity index (χ0n) is 13.6. The number of nitrogens with zero attached hydrogens (tertiary/aromatic N) is 3. The van der Waals surface area contributed by atoms with E-state index < -0.39 is 0 Å². The molecule has 0 saturated carbocycles. The lowest BCUT2D eigenvalue weighted by molar-refractivity contribution is 0.0942. The largest absolute Gasteiger partial charge is 0.355 e. The number of hydrogen-bond donors (Lipinski definition) is 1. The fraction of sp³-hybridized carbons (Fsp3) is 0.0526. The van der Waals surface area contributed by atoms with E-state index in [0.717, 1.165) is 22.4 Å². The lowest BCUT2D eigenvalue weighted by Gasteiger charge is -2.05. The van der Waals surface area contributed by atoms with Crippen molar-refractivity contribution in [1.82, 2.24) is 20.4 Å². The summed E-state index contributed by atoms with van der Waals surface area (Å²) in [4.78, 5) is 20.7. The summed E-state index contributed by atoms with van der Waals surface area (Å²) in [5, 5.41) is 10.7. The fourth-order valence-corrected chi connectivity index (χ4v) is 3.10. The Balaban J connectivity index is 1.43. The second kappa shape index (κ2) is 7.28. The first kappa shape index (κ1) is 16.2. The van der Waals surface area contributed by atoms with Gasteiger partial charge in [0, 0.05) is 47.7 Å². The van der Waals surface area contributed by atoms with Crippen molar-refractivity contribution in [3.63, 3.8) is 0 Å². The molecule has 0 unspecified atom stereocenters. The molecule has 4 rings (SSSR count). The average molecular weight is 362 g/mol. The van der Waals surface area contributed by atoms with Crippen LogP contribution in [0.3, 0.4) is 0 Å². The van der Waals surface area contributed by atoms with Crippen LogP contribution in [0.2, 0.25) is 0 Å². The molecule has 0 radical (unpaired) electrons.